The maximum Gasteiger partial charge on any atom is 0.184 e. The molecule has 0 aliphatic carbocycles. The number of methoxy groups -OCH3 is 1. The van der Waals surface area contributed by atoms with Gasteiger partial charge in [-0.05, 0) is 24.1 Å². The van der Waals surface area contributed by atoms with E-state index < -0.39 is 5.82 Å². The van der Waals surface area contributed by atoms with Gasteiger partial charge in [-0.1, -0.05) is 23.4 Å². The van der Waals surface area contributed by atoms with Gasteiger partial charge in [0.15, 0.2) is 17.5 Å². The molecule has 4 aromatic rings. The fraction of sp³-hybridized carbons (Fsp3) is 0.200. The average molecular weight is 444 g/mol. The monoisotopic (exact) mass is 444 g/mol. The summed E-state index contributed by atoms with van der Waals surface area (Å²) >= 11 is 1.26. The summed E-state index contributed by atoms with van der Waals surface area (Å²) in [5, 5.41) is 8.47. The first-order valence-electron chi connectivity index (χ1n) is 9.27. The molecular weight excluding hydrogens is 426 g/mol. The minimum Gasteiger partial charge on any atom is -0.384 e. The zero-order chi connectivity index (χ0) is 21.6. The summed E-state index contributed by atoms with van der Waals surface area (Å²) in [5.41, 5.74) is 1.95. The molecule has 0 fully saturated rings. The second kappa shape index (κ2) is 9.67. The lowest BCUT2D eigenvalue weighted by Crippen LogP contribution is -2.06. The van der Waals surface area contributed by atoms with Crippen LogP contribution in [0.4, 0.5) is 14.6 Å². The number of aromatic nitrogens is 5. The lowest BCUT2D eigenvalue weighted by atomic mass is 10.2. The number of hydrogen-bond donors (Lipinski definition) is 1. The van der Waals surface area contributed by atoms with Crippen LogP contribution >= 0.6 is 11.9 Å². The van der Waals surface area contributed by atoms with E-state index in [9.17, 15) is 8.78 Å². The van der Waals surface area contributed by atoms with Crippen LogP contribution in [0.15, 0.2) is 53.4 Å². The van der Waals surface area contributed by atoms with Gasteiger partial charge in [0, 0.05) is 24.5 Å². The summed E-state index contributed by atoms with van der Waals surface area (Å²) in [6.07, 6.45) is 2.51. The van der Waals surface area contributed by atoms with E-state index in [1.165, 1.54) is 24.3 Å². The molecule has 31 heavy (non-hydrogen) atoms. The van der Waals surface area contributed by atoms with E-state index in [0.717, 1.165) is 6.20 Å². The molecule has 0 atom stereocenters. The Morgan fingerprint density at radius 2 is 2.03 bits per heavy atom. The predicted molar refractivity (Wildman–Crippen MR) is 112 cm³/mol. The van der Waals surface area contributed by atoms with Crippen molar-refractivity contribution in [2.75, 3.05) is 24.2 Å². The van der Waals surface area contributed by atoms with E-state index in [0.29, 0.717) is 35.0 Å². The van der Waals surface area contributed by atoms with Gasteiger partial charge in [-0.15, -0.1) is 0 Å². The van der Waals surface area contributed by atoms with Gasteiger partial charge in [0.1, 0.15) is 23.5 Å². The van der Waals surface area contributed by atoms with Crippen molar-refractivity contribution in [3.63, 3.8) is 0 Å². The Bertz CT molecular complexity index is 1150. The molecule has 11 heteroatoms. The molecule has 1 aromatic carbocycles. The zero-order valence-corrected chi connectivity index (χ0v) is 17.3. The number of hydrogen-bond acceptors (Lipinski definition) is 8. The van der Waals surface area contributed by atoms with Crippen molar-refractivity contribution in [2.45, 2.75) is 6.54 Å². The molecule has 0 radical (unpaired) electrons. The highest BCUT2D eigenvalue weighted by molar-refractivity contribution is 8.00. The largest absolute Gasteiger partial charge is 0.384 e. The van der Waals surface area contributed by atoms with Crippen molar-refractivity contribution in [3.8, 4) is 22.9 Å². The maximum atomic E-state index is 14.2. The van der Waals surface area contributed by atoms with Crippen LogP contribution in [0.25, 0.3) is 22.9 Å². The van der Waals surface area contributed by atoms with Crippen LogP contribution in [0.3, 0.4) is 0 Å². The number of ether oxygens (including phenoxy) is 1. The summed E-state index contributed by atoms with van der Waals surface area (Å²) in [5.74, 6) is -0.0616. The fourth-order valence-corrected chi connectivity index (χ4v) is 3.42. The number of nitrogens with zero attached hydrogens (tertiary/aromatic N) is 5. The lowest BCUT2D eigenvalue weighted by Gasteiger charge is -2.07. The minimum atomic E-state index is -0.587. The van der Waals surface area contributed by atoms with Gasteiger partial charge in [0.05, 0.1) is 25.0 Å². The van der Waals surface area contributed by atoms with Crippen LogP contribution in [0, 0.1) is 11.6 Å². The molecule has 8 nitrogen and oxygen atoms in total. The molecule has 4 rings (SSSR count). The van der Waals surface area contributed by atoms with Crippen LogP contribution in [-0.4, -0.2) is 44.4 Å². The zero-order valence-electron chi connectivity index (χ0n) is 16.5. The second-order valence-corrected chi connectivity index (χ2v) is 7.28. The normalized spacial score (nSPS) is 11.1. The van der Waals surface area contributed by atoms with Gasteiger partial charge >= 0.3 is 0 Å². The molecule has 0 aliphatic heterocycles. The van der Waals surface area contributed by atoms with E-state index in [-0.39, 0.29) is 24.0 Å². The molecule has 160 valence electrons. The second-order valence-electron chi connectivity index (χ2n) is 6.38. The van der Waals surface area contributed by atoms with Crippen LogP contribution in [0.1, 0.15) is 5.56 Å². The van der Waals surface area contributed by atoms with Gasteiger partial charge in [0.25, 0.3) is 0 Å². The van der Waals surface area contributed by atoms with E-state index in [1.807, 2.05) is 0 Å². The smallest absolute Gasteiger partial charge is 0.184 e. The molecule has 1 N–H and O–H groups in total. The first-order chi connectivity index (χ1) is 15.2. The van der Waals surface area contributed by atoms with Gasteiger partial charge < -0.3 is 14.0 Å². The molecule has 0 unspecified atom stereocenters. The Morgan fingerprint density at radius 3 is 2.81 bits per heavy atom. The third kappa shape index (κ3) is 4.89. The van der Waals surface area contributed by atoms with E-state index in [1.54, 1.807) is 42.1 Å². The fourth-order valence-electron chi connectivity index (χ4n) is 2.79. The van der Waals surface area contributed by atoms with E-state index in [4.69, 9.17) is 9.26 Å². The predicted octanol–water partition coefficient (Wildman–Crippen LogP) is 4.03. The molecule has 3 heterocycles. The Labute approximate surface area is 180 Å². The van der Waals surface area contributed by atoms with Crippen molar-refractivity contribution in [3.05, 3.63) is 66.1 Å². The SMILES string of the molecule is COCCSNc1nc(-c2cc(-c3ccon3)n(Cc3ccccc3F)n2)ncc1F. The standard InChI is InChI=1S/C20H18F2N6O2S/c1-29-8-9-31-27-19-15(22)11-23-20(24-19)17-10-18(16-6-7-30-26-16)28(25-17)12-13-4-2-3-5-14(13)21/h2-7,10-11H,8-9,12H2,1H3,(H,23,24,27). The molecular formula is C20H18F2N6O2S. The van der Waals surface area contributed by atoms with Crippen molar-refractivity contribution >= 4 is 17.8 Å². The molecule has 0 saturated carbocycles. The topological polar surface area (TPSA) is 90.9 Å². The first-order valence-corrected chi connectivity index (χ1v) is 10.3. The highest BCUT2D eigenvalue weighted by atomic mass is 32.2. The Morgan fingerprint density at radius 1 is 1.16 bits per heavy atom. The van der Waals surface area contributed by atoms with Gasteiger partial charge in [0.2, 0.25) is 0 Å². The highest BCUT2D eigenvalue weighted by Crippen LogP contribution is 2.26. The Balaban J connectivity index is 1.67. The van der Waals surface area contributed by atoms with Crippen LogP contribution in [0.5, 0.6) is 0 Å². The third-order valence-electron chi connectivity index (χ3n) is 4.29. The first kappa shape index (κ1) is 20.9. The van der Waals surface area contributed by atoms with Crippen molar-refractivity contribution in [1.29, 1.82) is 0 Å². The number of halogens is 2. The minimum absolute atomic E-state index is 0.0396. The molecule has 0 spiro atoms. The quantitative estimate of drug-likeness (QED) is 0.306. The van der Waals surface area contributed by atoms with E-state index in [2.05, 4.69) is 24.9 Å². The summed E-state index contributed by atoms with van der Waals surface area (Å²) in [7, 11) is 1.59. The lowest BCUT2D eigenvalue weighted by molar-refractivity contribution is 0.219. The summed E-state index contributed by atoms with van der Waals surface area (Å²) in [6, 6.07) is 9.81. The van der Waals surface area contributed by atoms with Crippen molar-refractivity contribution in [2.24, 2.45) is 0 Å². The number of rotatable bonds is 9. The van der Waals surface area contributed by atoms with Crippen LogP contribution in [-0.2, 0) is 11.3 Å². The van der Waals surface area contributed by atoms with Gasteiger partial charge in [-0.2, -0.15) is 5.10 Å². The molecule has 0 amide bonds. The third-order valence-corrected chi connectivity index (χ3v) is 5.00. The highest BCUT2D eigenvalue weighted by Gasteiger charge is 2.18. The molecule has 0 aliphatic rings. The summed E-state index contributed by atoms with van der Waals surface area (Å²) in [4.78, 5) is 8.31. The molecule has 0 saturated heterocycles. The van der Waals surface area contributed by atoms with Gasteiger partial charge in [-0.25, -0.2) is 18.7 Å². The number of benzene rings is 1. The van der Waals surface area contributed by atoms with Crippen molar-refractivity contribution < 1.29 is 18.0 Å². The molecule has 3 aromatic heterocycles. The van der Waals surface area contributed by atoms with E-state index >= 15 is 0 Å². The molecule has 0 bridgehead atoms. The average Bonchev–Trinajstić information content (AvgIpc) is 3.44. The maximum absolute atomic E-state index is 14.2. The summed E-state index contributed by atoms with van der Waals surface area (Å²) < 4.78 is 42.7. The van der Waals surface area contributed by atoms with Crippen LogP contribution < -0.4 is 4.72 Å². The van der Waals surface area contributed by atoms with Crippen LogP contribution in [0.2, 0.25) is 0 Å². The van der Waals surface area contributed by atoms with Gasteiger partial charge in [-0.3, -0.25) is 4.68 Å². The Kier molecular flexibility index (Phi) is 6.53. The Hall–Kier alpha value is -3.31. The van der Waals surface area contributed by atoms with Crippen molar-refractivity contribution in [1.82, 2.24) is 24.9 Å². The number of nitrogens with one attached hydrogen (secondary N) is 1. The number of anilines is 1. The summed E-state index contributed by atoms with van der Waals surface area (Å²) in [6.45, 7) is 0.673.